The highest BCUT2D eigenvalue weighted by Crippen LogP contribution is 2.06. The van der Waals surface area contributed by atoms with Gasteiger partial charge in [-0.05, 0) is 5.56 Å². The topological polar surface area (TPSA) is 107 Å². The number of benzene rings is 1. The molecule has 0 heterocycles. The first-order valence-corrected chi connectivity index (χ1v) is 5.71. The van der Waals surface area contributed by atoms with E-state index >= 15 is 0 Å². The molecule has 0 saturated carbocycles. The molecule has 0 aromatic heterocycles. The summed E-state index contributed by atoms with van der Waals surface area (Å²) in [6.07, 6.45) is -0.449. The molecule has 0 saturated heterocycles. The number of aliphatic carboxylic acids is 1. The average Bonchev–Trinajstić information content (AvgIpc) is 2.38. The second kappa shape index (κ2) is 7.13. The minimum absolute atomic E-state index is 0.124. The van der Waals surface area contributed by atoms with E-state index in [2.05, 4.69) is 0 Å². The summed E-state index contributed by atoms with van der Waals surface area (Å²) in [6.45, 7) is 0.113. The number of amides is 1. The van der Waals surface area contributed by atoms with Crippen molar-refractivity contribution in [1.82, 2.24) is 4.90 Å². The zero-order chi connectivity index (χ0) is 14.3. The highest BCUT2D eigenvalue weighted by molar-refractivity contribution is 5.86. The smallest absolute Gasteiger partial charge is 0.305 e. The van der Waals surface area contributed by atoms with Gasteiger partial charge in [-0.15, -0.1) is 0 Å². The third-order valence-corrected chi connectivity index (χ3v) is 2.50. The number of carbonyl (C=O) groups is 2. The maximum Gasteiger partial charge on any atom is 0.305 e. The van der Waals surface area contributed by atoms with Gasteiger partial charge in [0.25, 0.3) is 0 Å². The van der Waals surface area contributed by atoms with E-state index in [9.17, 15) is 9.59 Å². The lowest BCUT2D eigenvalue weighted by Crippen LogP contribution is -2.44. The highest BCUT2D eigenvalue weighted by Gasteiger charge is 2.23. The van der Waals surface area contributed by atoms with E-state index in [1.165, 1.54) is 4.90 Å². The molecule has 1 aromatic carbocycles. The Balaban J connectivity index is 2.74. The number of nitrogens with two attached hydrogens (primary N) is 1. The molecule has 0 aliphatic rings. The van der Waals surface area contributed by atoms with Crippen molar-refractivity contribution in [2.45, 2.75) is 19.0 Å². The van der Waals surface area contributed by atoms with E-state index in [-0.39, 0.29) is 13.1 Å². The van der Waals surface area contributed by atoms with E-state index in [0.717, 1.165) is 5.56 Å². The van der Waals surface area contributed by atoms with Gasteiger partial charge in [-0.25, -0.2) is 0 Å². The Hall–Kier alpha value is -2.39. The maximum atomic E-state index is 12.0. The van der Waals surface area contributed by atoms with Crippen LogP contribution in [0.3, 0.4) is 0 Å². The van der Waals surface area contributed by atoms with Crippen LogP contribution in [-0.2, 0) is 16.1 Å². The summed E-state index contributed by atoms with van der Waals surface area (Å²) in [6, 6.07) is 9.87. The Labute approximate surface area is 111 Å². The number of rotatable bonds is 6. The van der Waals surface area contributed by atoms with Gasteiger partial charge < -0.3 is 15.7 Å². The Morgan fingerprint density at radius 3 is 2.53 bits per heavy atom. The number of hydrogen-bond donors (Lipinski definition) is 2. The van der Waals surface area contributed by atoms with Crippen molar-refractivity contribution in [1.29, 1.82) is 5.26 Å². The number of nitrogens with zero attached hydrogens (tertiary/aromatic N) is 2. The van der Waals surface area contributed by atoms with Gasteiger partial charge in [0.05, 0.1) is 18.5 Å². The van der Waals surface area contributed by atoms with Crippen LogP contribution in [0.25, 0.3) is 0 Å². The molecule has 6 heteroatoms. The summed E-state index contributed by atoms with van der Waals surface area (Å²) in [7, 11) is 0. The van der Waals surface area contributed by atoms with Gasteiger partial charge >= 0.3 is 5.97 Å². The highest BCUT2D eigenvalue weighted by atomic mass is 16.4. The summed E-state index contributed by atoms with van der Waals surface area (Å²) >= 11 is 0. The molecule has 0 fully saturated rings. The van der Waals surface area contributed by atoms with Crippen molar-refractivity contribution in [2.24, 2.45) is 5.73 Å². The van der Waals surface area contributed by atoms with Crippen LogP contribution >= 0.6 is 0 Å². The minimum Gasteiger partial charge on any atom is -0.481 e. The van der Waals surface area contributed by atoms with Crippen molar-refractivity contribution in [2.75, 3.05) is 6.54 Å². The van der Waals surface area contributed by atoms with E-state index in [4.69, 9.17) is 16.1 Å². The Kier molecular flexibility index (Phi) is 5.51. The summed E-state index contributed by atoms with van der Waals surface area (Å²) in [5.74, 6) is -1.68. The van der Waals surface area contributed by atoms with Gasteiger partial charge in [-0.3, -0.25) is 9.59 Å². The molecule has 0 radical (unpaired) electrons. The number of carboxylic acid groups (broad SMARTS) is 1. The predicted octanol–water partition coefficient (Wildman–Crippen LogP) is 0.341. The van der Waals surface area contributed by atoms with E-state index in [1.807, 2.05) is 36.4 Å². The monoisotopic (exact) mass is 261 g/mol. The van der Waals surface area contributed by atoms with Gasteiger partial charge in [-0.1, -0.05) is 30.3 Å². The van der Waals surface area contributed by atoms with Gasteiger partial charge in [0, 0.05) is 6.54 Å². The molecule has 1 aromatic rings. The molecule has 3 N–H and O–H groups in total. The largest absolute Gasteiger partial charge is 0.481 e. The van der Waals surface area contributed by atoms with Crippen LogP contribution in [0, 0.1) is 11.3 Å². The summed E-state index contributed by atoms with van der Waals surface area (Å²) in [4.78, 5) is 23.7. The van der Waals surface area contributed by atoms with Crippen LogP contribution in [0.5, 0.6) is 0 Å². The zero-order valence-corrected chi connectivity index (χ0v) is 10.3. The maximum absolute atomic E-state index is 12.0. The quantitative estimate of drug-likeness (QED) is 0.718. The number of carbonyl (C=O) groups excluding carboxylic acids is 1. The first-order valence-electron chi connectivity index (χ1n) is 5.71. The normalized spacial score (nSPS) is 11.4. The van der Waals surface area contributed by atoms with Crippen LogP contribution in [0.2, 0.25) is 0 Å². The van der Waals surface area contributed by atoms with Crippen LogP contribution in [-0.4, -0.2) is 34.5 Å². The summed E-state index contributed by atoms with van der Waals surface area (Å²) in [5, 5.41) is 17.3. The molecule has 1 unspecified atom stereocenters. The fraction of sp³-hybridized carbons (Fsp3) is 0.308. The van der Waals surface area contributed by atoms with Crippen molar-refractivity contribution in [3.63, 3.8) is 0 Å². The molecule has 0 aliphatic heterocycles. The summed E-state index contributed by atoms with van der Waals surface area (Å²) in [5.41, 5.74) is 6.38. The first-order chi connectivity index (χ1) is 9.04. The molecule has 1 rings (SSSR count). The van der Waals surface area contributed by atoms with Crippen molar-refractivity contribution in [3.05, 3.63) is 35.9 Å². The molecule has 0 bridgehead atoms. The zero-order valence-electron chi connectivity index (χ0n) is 10.3. The second-order valence-corrected chi connectivity index (χ2v) is 4.04. The lowest BCUT2D eigenvalue weighted by atomic mass is 10.1. The van der Waals surface area contributed by atoms with Gasteiger partial charge in [0.15, 0.2) is 0 Å². The first kappa shape index (κ1) is 14.7. The van der Waals surface area contributed by atoms with Crippen LogP contribution in [0.15, 0.2) is 30.3 Å². The lowest BCUT2D eigenvalue weighted by molar-refractivity contribution is -0.142. The Morgan fingerprint density at radius 2 is 2.00 bits per heavy atom. The summed E-state index contributed by atoms with van der Waals surface area (Å²) < 4.78 is 0. The second-order valence-electron chi connectivity index (χ2n) is 4.04. The van der Waals surface area contributed by atoms with E-state index in [1.54, 1.807) is 0 Å². The SMILES string of the molecule is N#CCN(Cc1ccccc1)C(=O)C(N)CC(=O)O. The Bertz CT molecular complexity index is 482. The molecule has 19 heavy (non-hydrogen) atoms. The van der Waals surface area contributed by atoms with Crippen molar-refractivity contribution < 1.29 is 14.7 Å². The minimum atomic E-state index is -1.14. The molecule has 0 aliphatic carbocycles. The third kappa shape index (κ3) is 4.77. The van der Waals surface area contributed by atoms with Gasteiger partial charge in [0.1, 0.15) is 6.54 Å². The predicted molar refractivity (Wildman–Crippen MR) is 67.7 cm³/mol. The molecular weight excluding hydrogens is 246 g/mol. The average molecular weight is 261 g/mol. The lowest BCUT2D eigenvalue weighted by Gasteiger charge is -2.22. The molecule has 1 amide bonds. The third-order valence-electron chi connectivity index (χ3n) is 2.50. The van der Waals surface area contributed by atoms with Crippen LogP contribution in [0.4, 0.5) is 0 Å². The molecule has 0 spiro atoms. The standard InChI is InChI=1S/C13H15N3O3/c14-6-7-16(9-10-4-2-1-3-5-10)13(19)11(15)8-12(17)18/h1-5,11H,7-9,15H2,(H,17,18). The number of hydrogen-bond acceptors (Lipinski definition) is 4. The van der Waals surface area contributed by atoms with E-state index < -0.39 is 24.3 Å². The molecule has 6 nitrogen and oxygen atoms in total. The fourth-order valence-corrected chi connectivity index (χ4v) is 1.61. The van der Waals surface area contributed by atoms with Crippen molar-refractivity contribution >= 4 is 11.9 Å². The number of carboxylic acids is 1. The molecular formula is C13H15N3O3. The van der Waals surface area contributed by atoms with E-state index in [0.29, 0.717) is 0 Å². The van der Waals surface area contributed by atoms with Gasteiger partial charge in [-0.2, -0.15) is 5.26 Å². The van der Waals surface area contributed by atoms with Crippen LogP contribution in [0.1, 0.15) is 12.0 Å². The Morgan fingerprint density at radius 1 is 1.37 bits per heavy atom. The van der Waals surface area contributed by atoms with Crippen LogP contribution < -0.4 is 5.73 Å². The molecule has 1 atom stereocenters. The van der Waals surface area contributed by atoms with Crippen molar-refractivity contribution in [3.8, 4) is 6.07 Å². The number of nitriles is 1. The molecule has 100 valence electrons. The van der Waals surface area contributed by atoms with Gasteiger partial charge in [0.2, 0.25) is 5.91 Å². The fourth-order valence-electron chi connectivity index (χ4n) is 1.61.